The molecule has 4 heteroatoms. The maximum Gasteiger partial charge on any atom is 0.328 e. The molecule has 2 rings (SSSR count). The highest BCUT2D eigenvalue weighted by Gasteiger charge is 2.17. The smallest absolute Gasteiger partial charge is 0.328 e. The molecule has 0 bridgehead atoms. The SMILES string of the molecule is CC(C)C[C@H](N=Cc1ccc2ccccc2c1O)C(=O)O. The zero-order chi connectivity index (χ0) is 15.4. The van der Waals surface area contributed by atoms with E-state index in [1.807, 2.05) is 44.2 Å². The number of fused-ring (bicyclic) bond motifs is 1. The predicted octanol–water partition coefficient (Wildman–Crippen LogP) is 3.46. The molecule has 0 radical (unpaired) electrons. The number of hydrogen-bond acceptors (Lipinski definition) is 3. The van der Waals surface area contributed by atoms with Crippen molar-refractivity contribution >= 4 is 23.0 Å². The van der Waals surface area contributed by atoms with Gasteiger partial charge in [-0.15, -0.1) is 0 Å². The molecule has 0 saturated heterocycles. The zero-order valence-corrected chi connectivity index (χ0v) is 12.2. The number of benzene rings is 2. The first-order valence-electron chi connectivity index (χ1n) is 6.95. The highest BCUT2D eigenvalue weighted by atomic mass is 16.4. The number of carboxylic acid groups (broad SMARTS) is 1. The summed E-state index contributed by atoms with van der Waals surface area (Å²) in [4.78, 5) is 15.3. The maximum atomic E-state index is 11.2. The van der Waals surface area contributed by atoms with E-state index < -0.39 is 12.0 Å². The lowest BCUT2D eigenvalue weighted by Crippen LogP contribution is -2.20. The Labute approximate surface area is 123 Å². The molecule has 1 atom stereocenters. The Morgan fingerprint density at radius 1 is 1.24 bits per heavy atom. The largest absolute Gasteiger partial charge is 0.507 e. The van der Waals surface area contributed by atoms with E-state index in [-0.39, 0.29) is 11.7 Å². The quantitative estimate of drug-likeness (QED) is 0.826. The van der Waals surface area contributed by atoms with Crippen molar-refractivity contribution in [1.82, 2.24) is 0 Å². The molecule has 0 unspecified atom stereocenters. The summed E-state index contributed by atoms with van der Waals surface area (Å²) < 4.78 is 0. The van der Waals surface area contributed by atoms with E-state index in [4.69, 9.17) is 5.11 Å². The molecule has 110 valence electrons. The van der Waals surface area contributed by atoms with Crippen LogP contribution in [0.5, 0.6) is 5.75 Å². The topological polar surface area (TPSA) is 69.9 Å². The van der Waals surface area contributed by atoms with E-state index >= 15 is 0 Å². The molecular weight excluding hydrogens is 266 g/mol. The maximum absolute atomic E-state index is 11.2. The second-order valence-corrected chi connectivity index (χ2v) is 5.49. The molecule has 0 aliphatic carbocycles. The standard InChI is InChI=1S/C17H19NO3/c1-11(2)9-15(17(20)21)18-10-13-8-7-12-5-3-4-6-14(12)16(13)19/h3-8,10-11,15,19H,9H2,1-2H3,(H,20,21)/t15-/m0/s1. The Kier molecular flexibility index (Phi) is 4.58. The molecule has 0 heterocycles. The lowest BCUT2D eigenvalue weighted by molar-refractivity contribution is -0.138. The summed E-state index contributed by atoms with van der Waals surface area (Å²) in [5, 5.41) is 21.1. The number of carboxylic acids is 1. The van der Waals surface area contributed by atoms with Crippen LogP contribution in [0.25, 0.3) is 10.8 Å². The molecular formula is C17H19NO3. The summed E-state index contributed by atoms with van der Waals surface area (Å²) in [7, 11) is 0. The van der Waals surface area contributed by atoms with E-state index in [0.717, 1.165) is 10.8 Å². The lowest BCUT2D eigenvalue weighted by Gasteiger charge is -2.10. The van der Waals surface area contributed by atoms with E-state index in [1.54, 1.807) is 6.07 Å². The highest BCUT2D eigenvalue weighted by molar-refractivity contribution is 5.97. The molecule has 0 spiro atoms. The van der Waals surface area contributed by atoms with E-state index in [9.17, 15) is 9.90 Å². The number of rotatable bonds is 5. The summed E-state index contributed by atoms with van der Waals surface area (Å²) in [6.07, 6.45) is 1.92. The van der Waals surface area contributed by atoms with Crippen molar-refractivity contribution in [2.75, 3.05) is 0 Å². The van der Waals surface area contributed by atoms with Crippen LogP contribution < -0.4 is 0 Å². The third-order valence-electron chi connectivity index (χ3n) is 3.31. The fourth-order valence-corrected chi connectivity index (χ4v) is 2.22. The average molecular weight is 285 g/mol. The molecule has 0 aliphatic rings. The Morgan fingerprint density at radius 2 is 1.95 bits per heavy atom. The monoisotopic (exact) mass is 285 g/mol. The summed E-state index contributed by atoms with van der Waals surface area (Å²) in [5.41, 5.74) is 0.531. The Balaban J connectivity index is 2.31. The summed E-state index contributed by atoms with van der Waals surface area (Å²) in [6, 6.07) is 10.3. The van der Waals surface area contributed by atoms with Gasteiger partial charge in [0.05, 0.1) is 0 Å². The van der Waals surface area contributed by atoms with Crippen LogP contribution in [0.15, 0.2) is 41.4 Å². The van der Waals surface area contributed by atoms with Gasteiger partial charge in [-0.25, -0.2) is 4.79 Å². The molecule has 0 amide bonds. The number of aliphatic carboxylic acids is 1. The number of aromatic hydroxyl groups is 1. The first-order valence-corrected chi connectivity index (χ1v) is 6.95. The average Bonchev–Trinajstić information content (AvgIpc) is 2.45. The second-order valence-electron chi connectivity index (χ2n) is 5.49. The van der Waals surface area contributed by atoms with Gasteiger partial charge in [0.15, 0.2) is 0 Å². The van der Waals surface area contributed by atoms with Crippen LogP contribution in [0.1, 0.15) is 25.8 Å². The van der Waals surface area contributed by atoms with Crippen molar-refractivity contribution in [2.24, 2.45) is 10.9 Å². The third-order valence-corrected chi connectivity index (χ3v) is 3.31. The fraction of sp³-hybridized carbons (Fsp3) is 0.294. The third kappa shape index (κ3) is 3.60. The van der Waals surface area contributed by atoms with Gasteiger partial charge in [0.1, 0.15) is 11.8 Å². The van der Waals surface area contributed by atoms with Crippen molar-refractivity contribution in [3.05, 3.63) is 42.0 Å². The lowest BCUT2D eigenvalue weighted by atomic mass is 10.0. The van der Waals surface area contributed by atoms with Crippen molar-refractivity contribution < 1.29 is 15.0 Å². The van der Waals surface area contributed by atoms with Gasteiger partial charge in [-0.2, -0.15) is 0 Å². The number of nitrogens with zero attached hydrogens (tertiary/aromatic N) is 1. The Bertz CT molecular complexity index is 677. The van der Waals surface area contributed by atoms with Crippen molar-refractivity contribution in [2.45, 2.75) is 26.3 Å². The minimum absolute atomic E-state index is 0.130. The summed E-state index contributed by atoms with van der Waals surface area (Å²) >= 11 is 0. The first kappa shape index (κ1) is 15.0. The number of phenols is 1. The van der Waals surface area contributed by atoms with E-state index in [1.165, 1.54) is 6.21 Å². The van der Waals surface area contributed by atoms with Gasteiger partial charge < -0.3 is 10.2 Å². The number of carbonyl (C=O) groups is 1. The Hall–Kier alpha value is -2.36. The predicted molar refractivity (Wildman–Crippen MR) is 84.1 cm³/mol. The van der Waals surface area contributed by atoms with Crippen molar-refractivity contribution in [1.29, 1.82) is 0 Å². The number of aliphatic imine (C=N–C) groups is 1. The van der Waals surface area contributed by atoms with Crippen LogP contribution in [-0.4, -0.2) is 28.4 Å². The van der Waals surface area contributed by atoms with Crippen LogP contribution in [-0.2, 0) is 4.79 Å². The van der Waals surface area contributed by atoms with E-state index in [0.29, 0.717) is 12.0 Å². The molecule has 2 N–H and O–H groups in total. The van der Waals surface area contributed by atoms with Gasteiger partial charge in [-0.05, 0) is 23.8 Å². The normalized spacial score (nSPS) is 13.1. The van der Waals surface area contributed by atoms with Crippen LogP contribution in [0, 0.1) is 5.92 Å². The fourth-order valence-electron chi connectivity index (χ4n) is 2.22. The molecule has 2 aromatic carbocycles. The van der Waals surface area contributed by atoms with E-state index in [2.05, 4.69) is 4.99 Å². The number of phenolic OH excluding ortho intramolecular Hbond substituents is 1. The molecule has 4 nitrogen and oxygen atoms in total. The molecule has 0 aliphatic heterocycles. The van der Waals surface area contributed by atoms with Crippen LogP contribution in [0.2, 0.25) is 0 Å². The van der Waals surface area contributed by atoms with Gasteiger partial charge in [-0.1, -0.05) is 44.2 Å². The van der Waals surface area contributed by atoms with Crippen LogP contribution in [0.3, 0.4) is 0 Å². The second kappa shape index (κ2) is 6.39. The van der Waals surface area contributed by atoms with Gasteiger partial charge in [0.25, 0.3) is 0 Å². The summed E-state index contributed by atoms with van der Waals surface area (Å²) in [6.45, 7) is 3.91. The van der Waals surface area contributed by atoms with Crippen LogP contribution >= 0.6 is 0 Å². The Morgan fingerprint density at radius 3 is 2.62 bits per heavy atom. The first-order chi connectivity index (χ1) is 9.99. The zero-order valence-electron chi connectivity index (χ0n) is 12.2. The highest BCUT2D eigenvalue weighted by Crippen LogP contribution is 2.27. The van der Waals surface area contributed by atoms with Crippen molar-refractivity contribution in [3.63, 3.8) is 0 Å². The van der Waals surface area contributed by atoms with Gasteiger partial charge in [0, 0.05) is 17.2 Å². The molecule has 2 aromatic rings. The molecule has 0 fully saturated rings. The minimum Gasteiger partial charge on any atom is -0.507 e. The summed E-state index contributed by atoms with van der Waals surface area (Å²) in [5.74, 6) is -0.570. The number of hydrogen-bond donors (Lipinski definition) is 2. The van der Waals surface area contributed by atoms with Gasteiger partial charge in [-0.3, -0.25) is 4.99 Å². The molecule has 0 saturated carbocycles. The van der Waals surface area contributed by atoms with Gasteiger partial charge >= 0.3 is 5.97 Å². The van der Waals surface area contributed by atoms with Gasteiger partial charge in [0.2, 0.25) is 0 Å². The molecule has 0 aromatic heterocycles. The van der Waals surface area contributed by atoms with Crippen LogP contribution in [0.4, 0.5) is 0 Å². The minimum atomic E-state index is -0.944. The van der Waals surface area contributed by atoms with Crippen molar-refractivity contribution in [3.8, 4) is 5.75 Å². The molecule has 21 heavy (non-hydrogen) atoms.